The summed E-state index contributed by atoms with van der Waals surface area (Å²) in [4.78, 5) is 14.2. The number of para-hydroxylation sites is 1. The molecule has 0 unspecified atom stereocenters. The Kier molecular flexibility index (Phi) is 5.16. The van der Waals surface area contributed by atoms with Crippen LogP contribution < -0.4 is 0 Å². The molecule has 2 aromatic carbocycles. The number of carbonyl (C=O) groups is 1. The summed E-state index contributed by atoms with van der Waals surface area (Å²) in [5.74, 6) is -0.379. The number of carbonyl (C=O) groups excluding carboxylic acids is 1. The molecule has 4 nitrogen and oxygen atoms in total. The zero-order chi connectivity index (χ0) is 18.7. The number of amides is 1. The van der Waals surface area contributed by atoms with E-state index >= 15 is 0 Å². The van der Waals surface area contributed by atoms with E-state index in [9.17, 15) is 9.18 Å². The second kappa shape index (κ2) is 7.52. The van der Waals surface area contributed by atoms with Crippen LogP contribution >= 0.6 is 0 Å². The summed E-state index contributed by atoms with van der Waals surface area (Å²) in [6.45, 7) is 4.43. The maximum absolute atomic E-state index is 13.3. The van der Waals surface area contributed by atoms with Crippen molar-refractivity contribution in [3.05, 3.63) is 82.9 Å². The van der Waals surface area contributed by atoms with Gasteiger partial charge in [0.1, 0.15) is 5.82 Å². The number of benzene rings is 2. The molecule has 26 heavy (non-hydrogen) atoms. The Morgan fingerprint density at radius 2 is 1.85 bits per heavy atom. The summed E-state index contributed by atoms with van der Waals surface area (Å²) in [6, 6.07) is 16.1. The van der Waals surface area contributed by atoms with Gasteiger partial charge in [0.25, 0.3) is 0 Å². The number of hydrogen-bond acceptors (Lipinski definition) is 2. The molecule has 0 saturated carbocycles. The molecule has 0 aliphatic rings. The van der Waals surface area contributed by atoms with Crippen LogP contribution in [0.3, 0.4) is 0 Å². The van der Waals surface area contributed by atoms with Gasteiger partial charge in [-0.05, 0) is 43.7 Å². The monoisotopic (exact) mass is 351 g/mol. The van der Waals surface area contributed by atoms with E-state index < -0.39 is 0 Å². The highest BCUT2D eigenvalue weighted by Crippen LogP contribution is 2.19. The van der Waals surface area contributed by atoms with Crippen molar-refractivity contribution in [1.82, 2.24) is 14.7 Å². The molecule has 3 aromatic rings. The largest absolute Gasteiger partial charge is 0.341 e. The van der Waals surface area contributed by atoms with Crippen molar-refractivity contribution in [2.45, 2.75) is 26.8 Å². The number of hydrogen-bond donors (Lipinski definition) is 0. The Bertz CT molecular complexity index is 918. The lowest BCUT2D eigenvalue weighted by Gasteiger charge is -2.18. The molecule has 3 rings (SSSR count). The molecular weight excluding hydrogens is 329 g/mol. The molecule has 0 N–H and O–H groups in total. The molecule has 0 spiro atoms. The van der Waals surface area contributed by atoms with E-state index in [1.807, 2.05) is 48.9 Å². The highest BCUT2D eigenvalue weighted by molar-refractivity contribution is 5.78. The van der Waals surface area contributed by atoms with Crippen molar-refractivity contribution in [2.75, 3.05) is 7.05 Å². The van der Waals surface area contributed by atoms with Crippen molar-refractivity contribution in [2.24, 2.45) is 0 Å². The van der Waals surface area contributed by atoms with Crippen LogP contribution in [0.4, 0.5) is 4.39 Å². The average molecular weight is 351 g/mol. The quantitative estimate of drug-likeness (QED) is 0.701. The maximum Gasteiger partial charge on any atom is 0.227 e. The lowest BCUT2D eigenvalue weighted by Crippen LogP contribution is -2.28. The third-order valence-electron chi connectivity index (χ3n) is 4.51. The van der Waals surface area contributed by atoms with Crippen LogP contribution in [-0.4, -0.2) is 27.6 Å². The van der Waals surface area contributed by atoms with E-state index in [1.165, 1.54) is 12.1 Å². The molecule has 0 aliphatic heterocycles. The number of likely N-dealkylation sites (N-methyl/N-ethyl adjacent to an activating group) is 1. The smallest absolute Gasteiger partial charge is 0.227 e. The van der Waals surface area contributed by atoms with Crippen molar-refractivity contribution in [3.63, 3.8) is 0 Å². The van der Waals surface area contributed by atoms with E-state index in [-0.39, 0.29) is 18.1 Å². The first kappa shape index (κ1) is 17.9. The molecule has 0 atom stereocenters. The second-order valence-electron chi connectivity index (χ2n) is 6.45. The van der Waals surface area contributed by atoms with E-state index in [0.29, 0.717) is 12.1 Å². The number of aryl methyl sites for hydroxylation is 1. The number of nitrogens with zero attached hydrogens (tertiary/aromatic N) is 3. The Labute approximate surface area is 152 Å². The molecule has 5 heteroatoms. The molecule has 134 valence electrons. The predicted octanol–water partition coefficient (Wildman–Crippen LogP) is 3.83. The Morgan fingerprint density at radius 1 is 1.12 bits per heavy atom. The molecule has 0 aliphatic carbocycles. The third kappa shape index (κ3) is 3.82. The summed E-state index contributed by atoms with van der Waals surface area (Å²) in [6.07, 6.45) is 0.180. The van der Waals surface area contributed by atoms with Crippen LogP contribution in [0.2, 0.25) is 0 Å². The summed E-state index contributed by atoms with van der Waals surface area (Å²) in [5, 5.41) is 4.62. The minimum absolute atomic E-state index is 0.0538. The number of halogens is 1. The Hall–Kier alpha value is -2.95. The minimum Gasteiger partial charge on any atom is -0.341 e. The van der Waals surface area contributed by atoms with Crippen molar-refractivity contribution in [1.29, 1.82) is 0 Å². The van der Waals surface area contributed by atoms with E-state index in [1.54, 1.807) is 24.1 Å². The highest BCUT2D eigenvalue weighted by atomic mass is 19.1. The molecule has 0 fully saturated rings. The Morgan fingerprint density at radius 3 is 2.54 bits per heavy atom. The predicted molar refractivity (Wildman–Crippen MR) is 99.6 cm³/mol. The minimum atomic E-state index is -0.325. The van der Waals surface area contributed by atoms with Crippen LogP contribution in [0.1, 0.15) is 22.5 Å². The molecule has 1 aromatic heterocycles. The zero-order valence-electron chi connectivity index (χ0n) is 15.2. The van der Waals surface area contributed by atoms with Crippen LogP contribution in [0.25, 0.3) is 5.69 Å². The summed E-state index contributed by atoms with van der Waals surface area (Å²) in [7, 11) is 1.76. The van der Waals surface area contributed by atoms with Crippen molar-refractivity contribution >= 4 is 5.91 Å². The second-order valence-corrected chi connectivity index (χ2v) is 6.45. The van der Waals surface area contributed by atoms with Gasteiger partial charge in [-0.2, -0.15) is 5.10 Å². The van der Waals surface area contributed by atoms with Gasteiger partial charge in [0.2, 0.25) is 5.91 Å². The SMILES string of the molecule is Cc1nn(-c2ccccc2)c(C)c1CN(C)C(=O)Cc1cccc(F)c1. The fourth-order valence-electron chi connectivity index (χ4n) is 3.01. The Balaban J connectivity index is 1.76. The van der Waals surface area contributed by atoms with E-state index in [0.717, 1.165) is 22.6 Å². The van der Waals surface area contributed by atoms with Crippen LogP contribution in [0, 0.1) is 19.7 Å². The summed E-state index contributed by atoms with van der Waals surface area (Å²) in [5.41, 5.74) is 4.61. The van der Waals surface area contributed by atoms with Gasteiger partial charge in [0.05, 0.1) is 17.8 Å². The van der Waals surface area contributed by atoms with Gasteiger partial charge in [0, 0.05) is 24.8 Å². The van der Waals surface area contributed by atoms with Crippen LogP contribution in [0.5, 0.6) is 0 Å². The summed E-state index contributed by atoms with van der Waals surface area (Å²) >= 11 is 0. The van der Waals surface area contributed by atoms with Gasteiger partial charge in [-0.15, -0.1) is 0 Å². The fraction of sp³-hybridized carbons (Fsp3) is 0.238. The summed E-state index contributed by atoms with van der Waals surface area (Å²) < 4.78 is 15.2. The number of rotatable bonds is 5. The van der Waals surface area contributed by atoms with Crippen LogP contribution in [0.15, 0.2) is 54.6 Å². The molecule has 1 amide bonds. The topological polar surface area (TPSA) is 38.1 Å². The number of aromatic nitrogens is 2. The lowest BCUT2D eigenvalue weighted by molar-refractivity contribution is -0.129. The zero-order valence-corrected chi connectivity index (χ0v) is 15.2. The molecule has 0 saturated heterocycles. The van der Waals surface area contributed by atoms with E-state index in [4.69, 9.17) is 0 Å². The van der Waals surface area contributed by atoms with Gasteiger partial charge in [-0.25, -0.2) is 9.07 Å². The van der Waals surface area contributed by atoms with Gasteiger partial charge in [0.15, 0.2) is 0 Å². The first-order valence-electron chi connectivity index (χ1n) is 8.54. The molecule has 1 heterocycles. The lowest BCUT2D eigenvalue weighted by atomic mass is 10.1. The molecule has 0 radical (unpaired) electrons. The molecule has 0 bridgehead atoms. The van der Waals surface area contributed by atoms with Crippen LogP contribution in [-0.2, 0) is 17.8 Å². The standard InChI is InChI=1S/C21H22FN3O/c1-15-20(16(2)25(23-15)19-10-5-4-6-11-19)14-24(3)21(26)13-17-8-7-9-18(22)12-17/h4-12H,13-14H2,1-3H3. The third-order valence-corrected chi connectivity index (χ3v) is 4.51. The van der Waals surface area contributed by atoms with E-state index in [2.05, 4.69) is 5.10 Å². The van der Waals surface area contributed by atoms with Gasteiger partial charge < -0.3 is 4.90 Å². The van der Waals surface area contributed by atoms with Crippen molar-refractivity contribution in [3.8, 4) is 5.69 Å². The fourth-order valence-corrected chi connectivity index (χ4v) is 3.01. The average Bonchev–Trinajstić information content (AvgIpc) is 2.90. The van der Waals surface area contributed by atoms with Gasteiger partial charge in [-0.3, -0.25) is 4.79 Å². The maximum atomic E-state index is 13.3. The van der Waals surface area contributed by atoms with Crippen molar-refractivity contribution < 1.29 is 9.18 Å². The van der Waals surface area contributed by atoms with Gasteiger partial charge >= 0.3 is 0 Å². The highest BCUT2D eigenvalue weighted by Gasteiger charge is 2.17. The van der Waals surface area contributed by atoms with Gasteiger partial charge in [-0.1, -0.05) is 30.3 Å². The normalized spacial score (nSPS) is 10.8. The first-order valence-corrected chi connectivity index (χ1v) is 8.54. The molecular formula is C21H22FN3O. The first-order chi connectivity index (χ1) is 12.5.